The van der Waals surface area contributed by atoms with Crippen molar-refractivity contribution in [2.24, 2.45) is 0 Å². The molecule has 0 spiro atoms. The highest BCUT2D eigenvalue weighted by atomic mass is 19.4. The molecular formula is C12H10F4O3. The van der Waals surface area contributed by atoms with Crippen molar-refractivity contribution in [2.75, 3.05) is 0 Å². The Bertz CT molecular complexity index is 457. The molecule has 1 atom stereocenters. The van der Waals surface area contributed by atoms with Crippen LogP contribution in [0.1, 0.15) is 16.8 Å². The van der Waals surface area contributed by atoms with Gasteiger partial charge in [0.1, 0.15) is 11.3 Å². The number of hydrogen-bond donors (Lipinski definition) is 0. The first-order valence-corrected chi connectivity index (χ1v) is 5.16. The van der Waals surface area contributed by atoms with E-state index in [1.165, 1.54) is 12.1 Å². The maximum Gasteiger partial charge on any atom is 0.425 e. The molecule has 0 amide bonds. The lowest BCUT2D eigenvalue weighted by atomic mass is 10.2. The highest BCUT2D eigenvalue weighted by Crippen LogP contribution is 2.29. The zero-order valence-corrected chi connectivity index (χ0v) is 9.61. The second kappa shape index (κ2) is 6.21. The maximum absolute atomic E-state index is 12.6. The monoisotopic (exact) mass is 278 g/mol. The first-order valence-electron chi connectivity index (χ1n) is 5.16. The number of ether oxygens (including phenoxy) is 1. The summed E-state index contributed by atoms with van der Waals surface area (Å²) in [4.78, 5) is 14.0. The third-order valence-corrected chi connectivity index (χ3v) is 2.19. The molecular weight excluding hydrogens is 268 g/mol. The molecule has 0 N–H and O–H groups in total. The Morgan fingerprint density at radius 1 is 1.37 bits per heavy atom. The lowest BCUT2D eigenvalue weighted by Crippen LogP contribution is -2.34. The fourth-order valence-electron chi connectivity index (χ4n) is 1.33. The summed E-state index contributed by atoms with van der Waals surface area (Å²) in [5, 5.41) is 0. The molecule has 0 aliphatic heterocycles. The molecule has 0 aliphatic rings. The van der Waals surface area contributed by atoms with Crippen LogP contribution in [0.3, 0.4) is 0 Å². The van der Waals surface area contributed by atoms with Gasteiger partial charge in [-0.2, -0.15) is 13.2 Å². The molecule has 19 heavy (non-hydrogen) atoms. The Morgan fingerprint density at radius 2 is 2.00 bits per heavy atom. The molecule has 1 unspecified atom stereocenters. The first-order chi connectivity index (χ1) is 8.90. The molecule has 104 valence electrons. The van der Waals surface area contributed by atoms with Crippen LogP contribution in [-0.2, 0) is 4.94 Å². The van der Waals surface area contributed by atoms with Gasteiger partial charge in [0.2, 0.25) is 0 Å². The number of carbonyl (C=O) groups is 1. The fraction of sp³-hybridized carbons (Fsp3) is 0.250. The van der Waals surface area contributed by atoms with Crippen LogP contribution >= 0.6 is 0 Å². The number of halogens is 4. The van der Waals surface area contributed by atoms with Crippen molar-refractivity contribution >= 4 is 5.97 Å². The van der Waals surface area contributed by atoms with Gasteiger partial charge in [-0.1, -0.05) is 18.2 Å². The van der Waals surface area contributed by atoms with Crippen LogP contribution in [0.15, 0.2) is 36.9 Å². The predicted molar refractivity (Wildman–Crippen MR) is 58.3 cm³/mol. The van der Waals surface area contributed by atoms with Crippen LogP contribution in [0.25, 0.3) is 0 Å². The summed E-state index contributed by atoms with van der Waals surface area (Å²) in [5.41, 5.74) is -0.427. The summed E-state index contributed by atoms with van der Waals surface area (Å²) in [6.45, 7) is 3.20. The van der Waals surface area contributed by atoms with E-state index in [9.17, 15) is 22.5 Å². The number of para-hydroxylation sites is 1. The van der Waals surface area contributed by atoms with Crippen molar-refractivity contribution in [3.05, 3.63) is 42.5 Å². The standard InChI is InChI=1S/C12H10F4O3/c1-2-5-10(12(13,14)15)18-9-7-4-3-6-8(9)11(17)19-16/h2-4,6-7,10H,1,5H2. The largest absolute Gasteiger partial charge is 0.480 e. The molecule has 7 heteroatoms. The molecule has 1 aromatic rings. The van der Waals surface area contributed by atoms with E-state index in [0.717, 1.165) is 18.2 Å². The van der Waals surface area contributed by atoms with Crippen molar-refractivity contribution < 1.29 is 32.2 Å². The van der Waals surface area contributed by atoms with Gasteiger partial charge < -0.3 is 4.74 Å². The van der Waals surface area contributed by atoms with E-state index in [4.69, 9.17) is 4.74 Å². The van der Waals surface area contributed by atoms with E-state index in [2.05, 4.69) is 11.5 Å². The molecule has 1 rings (SSSR count). The molecule has 0 radical (unpaired) electrons. The zero-order valence-electron chi connectivity index (χ0n) is 9.61. The highest BCUT2D eigenvalue weighted by Gasteiger charge is 2.41. The Labute approximate surface area is 106 Å². The third kappa shape index (κ3) is 3.97. The topological polar surface area (TPSA) is 35.5 Å². The second-order valence-corrected chi connectivity index (χ2v) is 3.53. The normalized spacial score (nSPS) is 12.6. The minimum absolute atomic E-state index is 0.408. The lowest BCUT2D eigenvalue weighted by molar-refractivity contribution is -0.193. The second-order valence-electron chi connectivity index (χ2n) is 3.53. The van der Waals surface area contributed by atoms with E-state index in [-0.39, 0.29) is 0 Å². The SMILES string of the molecule is C=CCC(Oc1ccccc1C(=O)OF)C(F)(F)F. The van der Waals surface area contributed by atoms with Gasteiger partial charge in [-0.05, 0) is 12.1 Å². The molecule has 0 saturated heterocycles. The predicted octanol–water partition coefficient (Wildman–Crippen LogP) is 3.61. The van der Waals surface area contributed by atoms with Crippen LogP contribution in [0.4, 0.5) is 17.7 Å². The molecule has 0 bridgehead atoms. The Balaban J connectivity index is 3.03. The number of alkyl halides is 3. The van der Waals surface area contributed by atoms with E-state index in [1.807, 2.05) is 0 Å². The Hall–Kier alpha value is -2.05. The average molecular weight is 278 g/mol. The van der Waals surface area contributed by atoms with Gasteiger partial charge in [-0.15, -0.1) is 6.58 Å². The highest BCUT2D eigenvalue weighted by molar-refractivity contribution is 5.92. The van der Waals surface area contributed by atoms with Gasteiger partial charge in [-0.3, -0.25) is 0 Å². The van der Waals surface area contributed by atoms with Gasteiger partial charge in [0.25, 0.3) is 0 Å². The van der Waals surface area contributed by atoms with Crippen LogP contribution in [0.2, 0.25) is 0 Å². The van der Waals surface area contributed by atoms with Crippen molar-refractivity contribution in [1.29, 1.82) is 0 Å². The zero-order chi connectivity index (χ0) is 14.5. The maximum atomic E-state index is 12.6. The number of carbonyl (C=O) groups excluding carboxylic acids is 1. The summed E-state index contributed by atoms with van der Waals surface area (Å²) < 4.78 is 54.5. The molecule has 0 fully saturated rings. The molecule has 0 saturated carbocycles. The van der Waals surface area contributed by atoms with E-state index >= 15 is 0 Å². The van der Waals surface area contributed by atoms with Crippen molar-refractivity contribution in [3.8, 4) is 5.75 Å². The summed E-state index contributed by atoms with van der Waals surface area (Å²) in [6, 6.07) is 4.91. The number of hydrogen-bond acceptors (Lipinski definition) is 3. The van der Waals surface area contributed by atoms with E-state index in [1.54, 1.807) is 0 Å². The van der Waals surface area contributed by atoms with Crippen LogP contribution in [0.5, 0.6) is 5.75 Å². The summed E-state index contributed by atoms with van der Waals surface area (Å²) >= 11 is 0. The minimum Gasteiger partial charge on any atom is -0.480 e. The first kappa shape index (κ1) is 15.0. The smallest absolute Gasteiger partial charge is 0.425 e. The van der Waals surface area contributed by atoms with Crippen molar-refractivity contribution in [3.63, 3.8) is 0 Å². The summed E-state index contributed by atoms with van der Waals surface area (Å²) in [7, 11) is 0. The van der Waals surface area contributed by atoms with Gasteiger partial charge in [-0.25, -0.2) is 9.74 Å². The van der Waals surface area contributed by atoms with Crippen molar-refractivity contribution in [2.45, 2.75) is 18.7 Å². The number of rotatable bonds is 5. The molecule has 0 aromatic heterocycles. The molecule has 3 nitrogen and oxygen atoms in total. The van der Waals surface area contributed by atoms with Crippen LogP contribution in [0, 0.1) is 0 Å². The average Bonchev–Trinajstić information content (AvgIpc) is 2.37. The minimum atomic E-state index is -4.64. The van der Waals surface area contributed by atoms with Gasteiger partial charge in [0, 0.05) is 10.9 Å². The Morgan fingerprint density at radius 3 is 2.53 bits per heavy atom. The number of benzene rings is 1. The molecule has 0 aliphatic carbocycles. The van der Waals surface area contributed by atoms with Crippen molar-refractivity contribution in [1.82, 2.24) is 0 Å². The van der Waals surface area contributed by atoms with Gasteiger partial charge in [0.15, 0.2) is 6.10 Å². The summed E-state index contributed by atoms with van der Waals surface area (Å²) in [6.07, 6.45) is -6.27. The molecule has 0 heterocycles. The lowest BCUT2D eigenvalue weighted by Gasteiger charge is -2.21. The third-order valence-electron chi connectivity index (χ3n) is 2.19. The quantitative estimate of drug-likeness (QED) is 0.609. The van der Waals surface area contributed by atoms with E-state index < -0.39 is 36.0 Å². The van der Waals surface area contributed by atoms with Crippen LogP contribution in [-0.4, -0.2) is 18.2 Å². The van der Waals surface area contributed by atoms with E-state index in [0.29, 0.717) is 0 Å². The summed E-state index contributed by atoms with van der Waals surface area (Å²) in [5.74, 6) is -1.83. The van der Waals surface area contributed by atoms with Crippen LogP contribution < -0.4 is 4.74 Å². The fourth-order valence-corrected chi connectivity index (χ4v) is 1.33. The molecule has 1 aromatic carbocycles. The van der Waals surface area contributed by atoms with Gasteiger partial charge >= 0.3 is 12.1 Å². The van der Waals surface area contributed by atoms with Gasteiger partial charge in [0.05, 0.1) is 0 Å². The Kier molecular flexibility index (Phi) is 4.91.